The molecule has 9 heteroatoms. The Bertz CT molecular complexity index is 1390. The molecule has 4 rings (SSSR count). The summed E-state index contributed by atoms with van der Waals surface area (Å²) in [6.07, 6.45) is 3.48. The quantitative estimate of drug-likeness (QED) is 0.623. The monoisotopic (exact) mass is 437 g/mol. The maximum atomic E-state index is 13.6. The standard InChI is InChI=1S/C23H27N5O4/c1-7-32-15-8-9-17-16(10-15)14(2)11-23(3,4)28(17)18(29)12-27-13-24-20-19(27)21(30)26(6)22(31)25(20)5/h8-11,13H,7,12H2,1-6H3. The molecule has 1 amide bonds. The third-order valence-electron chi connectivity index (χ3n) is 5.86. The topological polar surface area (TPSA) is 91.4 Å². The third kappa shape index (κ3) is 3.24. The molecular weight excluding hydrogens is 410 g/mol. The summed E-state index contributed by atoms with van der Waals surface area (Å²) in [6.45, 7) is 8.36. The van der Waals surface area contributed by atoms with Gasteiger partial charge < -0.3 is 14.2 Å². The fourth-order valence-electron chi connectivity index (χ4n) is 4.45. The SMILES string of the molecule is CCOc1ccc2c(c1)C(C)=CC(C)(C)N2C(=O)Cn1cnc2c1c(=O)n(C)c(=O)n2C. The zero-order chi connectivity index (χ0) is 23.4. The number of anilines is 1. The lowest BCUT2D eigenvalue weighted by Gasteiger charge is -2.41. The van der Waals surface area contributed by atoms with Gasteiger partial charge >= 0.3 is 5.69 Å². The summed E-state index contributed by atoms with van der Waals surface area (Å²) in [7, 11) is 2.97. The molecule has 0 fully saturated rings. The van der Waals surface area contributed by atoms with E-state index in [0.29, 0.717) is 6.61 Å². The van der Waals surface area contributed by atoms with Crippen LogP contribution in [0.25, 0.3) is 16.7 Å². The van der Waals surface area contributed by atoms with E-state index in [1.165, 1.54) is 22.5 Å². The predicted octanol–water partition coefficient (Wildman–Crippen LogP) is 2.06. The minimum atomic E-state index is -0.574. The van der Waals surface area contributed by atoms with Crippen LogP contribution in [-0.2, 0) is 25.4 Å². The van der Waals surface area contributed by atoms with Crippen molar-refractivity contribution in [2.24, 2.45) is 14.1 Å². The highest BCUT2D eigenvalue weighted by Crippen LogP contribution is 2.40. The van der Waals surface area contributed by atoms with E-state index in [-0.39, 0.29) is 23.6 Å². The van der Waals surface area contributed by atoms with Crippen molar-refractivity contribution in [1.29, 1.82) is 0 Å². The van der Waals surface area contributed by atoms with Crippen molar-refractivity contribution in [3.8, 4) is 5.75 Å². The number of aryl methyl sites for hydroxylation is 1. The normalized spacial score (nSPS) is 14.9. The Morgan fingerprint density at radius 1 is 1.16 bits per heavy atom. The van der Waals surface area contributed by atoms with Gasteiger partial charge in [-0.2, -0.15) is 0 Å². The highest BCUT2D eigenvalue weighted by molar-refractivity contribution is 6.00. The molecular formula is C23H27N5O4. The number of allylic oxidation sites excluding steroid dienone is 1. The number of fused-ring (bicyclic) bond motifs is 2. The Kier molecular flexibility index (Phi) is 5.07. The van der Waals surface area contributed by atoms with Gasteiger partial charge in [0, 0.05) is 19.7 Å². The maximum absolute atomic E-state index is 13.6. The van der Waals surface area contributed by atoms with E-state index in [1.54, 1.807) is 11.9 Å². The molecule has 0 bridgehead atoms. The number of carbonyl (C=O) groups excluding carboxylic acids is 1. The zero-order valence-corrected chi connectivity index (χ0v) is 19.2. The summed E-state index contributed by atoms with van der Waals surface area (Å²) in [6, 6.07) is 5.69. The van der Waals surface area contributed by atoms with Crippen molar-refractivity contribution in [2.45, 2.75) is 39.8 Å². The molecule has 1 aliphatic rings. The molecule has 0 radical (unpaired) electrons. The summed E-state index contributed by atoms with van der Waals surface area (Å²) in [4.78, 5) is 44.5. The van der Waals surface area contributed by atoms with Crippen molar-refractivity contribution < 1.29 is 9.53 Å². The van der Waals surface area contributed by atoms with Gasteiger partial charge in [-0.1, -0.05) is 6.08 Å². The lowest BCUT2D eigenvalue weighted by Crippen LogP contribution is -2.50. The van der Waals surface area contributed by atoms with Gasteiger partial charge in [-0.3, -0.25) is 18.7 Å². The van der Waals surface area contributed by atoms with Gasteiger partial charge in [0.15, 0.2) is 11.2 Å². The molecule has 0 N–H and O–H groups in total. The minimum Gasteiger partial charge on any atom is -0.494 e. The van der Waals surface area contributed by atoms with Crippen LogP contribution in [-0.4, -0.2) is 36.7 Å². The maximum Gasteiger partial charge on any atom is 0.332 e. The van der Waals surface area contributed by atoms with Crippen LogP contribution < -0.4 is 20.9 Å². The second kappa shape index (κ2) is 7.51. The van der Waals surface area contributed by atoms with Crippen molar-refractivity contribution >= 4 is 28.3 Å². The number of hydrogen-bond acceptors (Lipinski definition) is 5. The summed E-state index contributed by atoms with van der Waals surface area (Å²) in [5, 5.41) is 0. The van der Waals surface area contributed by atoms with Crippen LogP contribution in [0.2, 0.25) is 0 Å². The fourth-order valence-corrected chi connectivity index (χ4v) is 4.45. The van der Waals surface area contributed by atoms with Crippen LogP contribution in [0.1, 0.15) is 33.3 Å². The van der Waals surface area contributed by atoms with Gasteiger partial charge in [0.1, 0.15) is 12.3 Å². The first-order valence-electron chi connectivity index (χ1n) is 10.5. The van der Waals surface area contributed by atoms with Gasteiger partial charge in [-0.05, 0) is 51.5 Å². The molecule has 3 aromatic rings. The molecule has 0 atom stereocenters. The molecule has 0 saturated carbocycles. The fraction of sp³-hybridized carbons (Fsp3) is 0.391. The van der Waals surface area contributed by atoms with E-state index < -0.39 is 16.8 Å². The van der Waals surface area contributed by atoms with Crippen LogP contribution in [0.5, 0.6) is 5.75 Å². The van der Waals surface area contributed by atoms with Crippen LogP contribution in [0, 0.1) is 0 Å². The first-order valence-corrected chi connectivity index (χ1v) is 10.5. The van der Waals surface area contributed by atoms with Crippen molar-refractivity contribution in [1.82, 2.24) is 18.7 Å². The van der Waals surface area contributed by atoms with Crippen molar-refractivity contribution in [3.05, 3.63) is 57.0 Å². The van der Waals surface area contributed by atoms with Crippen molar-refractivity contribution in [2.75, 3.05) is 11.5 Å². The zero-order valence-electron chi connectivity index (χ0n) is 19.2. The van der Waals surface area contributed by atoms with E-state index >= 15 is 0 Å². The van der Waals surface area contributed by atoms with Gasteiger partial charge in [0.25, 0.3) is 5.56 Å². The van der Waals surface area contributed by atoms with Crippen molar-refractivity contribution in [3.63, 3.8) is 0 Å². The summed E-state index contributed by atoms with van der Waals surface area (Å²) < 4.78 is 9.47. The number of imidazole rings is 1. The lowest BCUT2D eigenvalue weighted by atomic mass is 9.88. The molecule has 32 heavy (non-hydrogen) atoms. The van der Waals surface area contributed by atoms with E-state index in [1.807, 2.05) is 45.9 Å². The number of aromatic nitrogens is 4. The highest BCUT2D eigenvalue weighted by atomic mass is 16.5. The Hall–Kier alpha value is -3.62. The summed E-state index contributed by atoms with van der Waals surface area (Å²) in [5.74, 6) is 0.551. The molecule has 0 unspecified atom stereocenters. The molecule has 9 nitrogen and oxygen atoms in total. The van der Waals surface area contributed by atoms with Gasteiger partial charge in [0.2, 0.25) is 5.91 Å². The predicted molar refractivity (Wildman–Crippen MR) is 123 cm³/mol. The highest BCUT2D eigenvalue weighted by Gasteiger charge is 2.36. The molecule has 1 aromatic carbocycles. The summed E-state index contributed by atoms with van der Waals surface area (Å²) in [5.41, 5.74) is 1.73. The molecule has 0 aliphatic carbocycles. The van der Waals surface area contributed by atoms with Gasteiger partial charge in [-0.15, -0.1) is 0 Å². The lowest BCUT2D eigenvalue weighted by molar-refractivity contribution is -0.119. The number of rotatable bonds is 4. The molecule has 2 aromatic heterocycles. The van der Waals surface area contributed by atoms with E-state index in [0.717, 1.165) is 27.1 Å². The number of benzene rings is 1. The second-order valence-corrected chi connectivity index (χ2v) is 8.57. The Morgan fingerprint density at radius 3 is 2.56 bits per heavy atom. The first-order chi connectivity index (χ1) is 15.1. The number of hydrogen-bond donors (Lipinski definition) is 0. The van der Waals surface area contributed by atoms with Gasteiger partial charge in [0.05, 0.1) is 24.2 Å². The molecule has 1 aliphatic heterocycles. The van der Waals surface area contributed by atoms with E-state index in [9.17, 15) is 14.4 Å². The summed E-state index contributed by atoms with van der Waals surface area (Å²) >= 11 is 0. The van der Waals surface area contributed by atoms with Crippen LogP contribution >= 0.6 is 0 Å². The largest absolute Gasteiger partial charge is 0.494 e. The molecule has 0 spiro atoms. The second-order valence-electron chi connectivity index (χ2n) is 8.57. The van der Waals surface area contributed by atoms with Crippen LogP contribution in [0.3, 0.4) is 0 Å². The molecule has 3 heterocycles. The van der Waals surface area contributed by atoms with Crippen LogP contribution in [0.15, 0.2) is 40.2 Å². The van der Waals surface area contributed by atoms with E-state index in [4.69, 9.17) is 4.74 Å². The van der Waals surface area contributed by atoms with Gasteiger partial charge in [-0.25, -0.2) is 9.78 Å². The Balaban J connectivity index is 1.79. The average Bonchev–Trinajstić information content (AvgIpc) is 3.14. The number of carbonyl (C=O) groups is 1. The number of ether oxygens (including phenoxy) is 1. The van der Waals surface area contributed by atoms with Crippen LogP contribution in [0.4, 0.5) is 5.69 Å². The average molecular weight is 438 g/mol. The first kappa shape index (κ1) is 21.6. The number of nitrogens with zero attached hydrogens (tertiary/aromatic N) is 5. The molecule has 0 saturated heterocycles. The smallest absolute Gasteiger partial charge is 0.332 e. The Labute approximate surface area is 185 Å². The minimum absolute atomic E-state index is 0.0904. The van der Waals surface area contributed by atoms with E-state index in [2.05, 4.69) is 11.1 Å². The molecule has 168 valence electrons. The number of amides is 1. The Morgan fingerprint density at radius 2 is 1.88 bits per heavy atom. The third-order valence-corrected chi connectivity index (χ3v) is 5.86.